The van der Waals surface area contributed by atoms with Crippen LogP contribution < -0.4 is 10.6 Å². The van der Waals surface area contributed by atoms with Crippen molar-refractivity contribution in [1.82, 2.24) is 15.6 Å². The molecule has 1 aromatic heterocycles. The molecule has 1 aliphatic rings. The van der Waals surface area contributed by atoms with Crippen molar-refractivity contribution in [2.75, 3.05) is 26.3 Å². The molecule has 2 amide bonds. The van der Waals surface area contributed by atoms with E-state index in [2.05, 4.69) is 15.6 Å². The monoisotopic (exact) mass is 415 g/mol. The highest BCUT2D eigenvalue weighted by molar-refractivity contribution is 5.96. The van der Waals surface area contributed by atoms with Gasteiger partial charge in [0.25, 0.3) is 11.8 Å². The van der Waals surface area contributed by atoms with Gasteiger partial charge in [-0.25, -0.2) is 9.59 Å². The summed E-state index contributed by atoms with van der Waals surface area (Å²) in [5.74, 6) is -1.70. The Balaban J connectivity index is 1.46. The normalized spacial score (nSPS) is 12.5. The summed E-state index contributed by atoms with van der Waals surface area (Å²) in [6, 6.07) is 1.65. The van der Waals surface area contributed by atoms with Gasteiger partial charge in [0.15, 0.2) is 0 Å². The average molecular weight is 415 g/mol. The SMILES string of the molecule is O=C(/C=C/C(=O)OCCCNC(=O)c1cc[nH]c1)OCCCNC(=O)C1=CCC=C1. The van der Waals surface area contributed by atoms with Crippen molar-refractivity contribution < 1.29 is 28.7 Å². The van der Waals surface area contributed by atoms with E-state index in [4.69, 9.17) is 9.47 Å². The fraction of sp³-hybridized carbons (Fsp3) is 0.333. The lowest BCUT2D eigenvalue weighted by Crippen LogP contribution is -2.26. The molecule has 0 unspecified atom stereocenters. The minimum Gasteiger partial charge on any atom is -0.462 e. The van der Waals surface area contributed by atoms with Gasteiger partial charge >= 0.3 is 11.9 Å². The zero-order valence-corrected chi connectivity index (χ0v) is 16.5. The number of esters is 2. The van der Waals surface area contributed by atoms with Gasteiger partial charge in [0, 0.05) is 43.2 Å². The molecule has 0 saturated heterocycles. The largest absolute Gasteiger partial charge is 0.462 e. The molecule has 2 rings (SSSR count). The van der Waals surface area contributed by atoms with E-state index in [9.17, 15) is 19.2 Å². The van der Waals surface area contributed by atoms with Crippen molar-refractivity contribution in [2.45, 2.75) is 19.3 Å². The van der Waals surface area contributed by atoms with E-state index in [1.807, 2.05) is 12.2 Å². The molecular weight excluding hydrogens is 390 g/mol. The lowest BCUT2D eigenvalue weighted by molar-refractivity contribution is -0.140. The number of H-pyrrole nitrogens is 1. The molecular formula is C21H25N3O6. The van der Waals surface area contributed by atoms with E-state index >= 15 is 0 Å². The first-order valence-electron chi connectivity index (χ1n) is 9.64. The fourth-order valence-electron chi connectivity index (χ4n) is 2.42. The van der Waals surface area contributed by atoms with E-state index in [1.54, 1.807) is 24.5 Å². The molecule has 0 atom stereocenters. The molecule has 3 N–H and O–H groups in total. The Hall–Kier alpha value is -3.62. The number of rotatable bonds is 12. The number of nitrogens with one attached hydrogen (secondary N) is 3. The lowest BCUT2D eigenvalue weighted by Gasteiger charge is -2.05. The van der Waals surface area contributed by atoms with Gasteiger partial charge in [0.2, 0.25) is 0 Å². The zero-order chi connectivity index (χ0) is 21.6. The number of aromatic nitrogens is 1. The van der Waals surface area contributed by atoms with Crippen LogP contribution in [0, 0.1) is 0 Å². The molecule has 0 radical (unpaired) electrons. The predicted molar refractivity (Wildman–Crippen MR) is 108 cm³/mol. The smallest absolute Gasteiger partial charge is 0.331 e. The summed E-state index contributed by atoms with van der Waals surface area (Å²) in [5, 5.41) is 5.42. The first-order valence-corrected chi connectivity index (χ1v) is 9.64. The summed E-state index contributed by atoms with van der Waals surface area (Å²) in [5.41, 5.74) is 1.16. The molecule has 0 bridgehead atoms. The van der Waals surface area contributed by atoms with Gasteiger partial charge in [-0.1, -0.05) is 18.2 Å². The van der Waals surface area contributed by atoms with Crippen LogP contribution in [0.15, 0.2) is 54.4 Å². The highest BCUT2D eigenvalue weighted by Crippen LogP contribution is 2.08. The van der Waals surface area contributed by atoms with Crippen molar-refractivity contribution >= 4 is 23.8 Å². The minimum absolute atomic E-state index is 0.108. The quantitative estimate of drug-likeness (QED) is 0.267. The third kappa shape index (κ3) is 8.59. The van der Waals surface area contributed by atoms with Crippen molar-refractivity contribution in [3.05, 3.63) is 60.0 Å². The Kier molecular flexibility index (Phi) is 9.64. The van der Waals surface area contributed by atoms with Gasteiger partial charge in [-0.2, -0.15) is 0 Å². The third-order valence-electron chi connectivity index (χ3n) is 3.95. The summed E-state index contributed by atoms with van der Waals surface area (Å²) >= 11 is 0. The molecule has 0 saturated carbocycles. The van der Waals surface area contributed by atoms with Crippen LogP contribution in [0.25, 0.3) is 0 Å². The highest BCUT2D eigenvalue weighted by atomic mass is 16.5. The molecule has 9 nitrogen and oxygen atoms in total. The van der Waals surface area contributed by atoms with Gasteiger partial charge < -0.3 is 25.1 Å². The summed E-state index contributed by atoms with van der Waals surface area (Å²) in [4.78, 5) is 49.3. The zero-order valence-electron chi connectivity index (χ0n) is 16.5. The van der Waals surface area contributed by atoms with Gasteiger partial charge in [-0.3, -0.25) is 9.59 Å². The molecule has 0 spiro atoms. The molecule has 0 aliphatic heterocycles. The second kappa shape index (κ2) is 12.8. The molecule has 0 aromatic carbocycles. The van der Waals surface area contributed by atoms with Crippen LogP contribution in [0.4, 0.5) is 0 Å². The molecule has 9 heteroatoms. The predicted octanol–water partition coefficient (Wildman–Crippen LogP) is 1.17. The number of carbonyl (C=O) groups excluding carboxylic acids is 4. The minimum atomic E-state index is -0.672. The molecule has 1 heterocycles. The molecule has 30 heavy (non-hydrogen) atoms. The first-order chi connectivity index (χ1) is 14.6. The summed E-state index contributed by atoms with van der Waals surface area (Å²) < 4.78 is 9.87. The number of hydrogen-bond acceptors (Lipinski definition) is 6. The van der Waals surface area contributed by atoms with E-state index in [-0.39, 0.29) is 25.0 Å². The second-order valence-electron chi connectivity index (χ2n) is 6.28. The van der Waals surface area contributed by atoms with E-state index in [0.717, 1.165) is 18.6 Å². The molecule has 1 aromatic rings. The standard InChI is InChI=1S/C21H25N3O6/c25-18(29-13-3-10-23-20(27)16-5-1-2-6-16)7-8-19(26)30-14-4-11-24-21(28)17-9-12-22-15-17/h1,5-9,12,15,22H,2-4,10-11,13-14H2,(H,23,27)(H,24,28)/b8-7+. The van der Waals surface area contributed by atoms with Crippen LogP contribution in [0.5, 0.6) is 0 Å². The molecule has 160 valence electrons. The van der Waals surface area contributed by atoms with Crippen LogP contribution in [-0.4, -0.2) is 55.0 Å². The van der Waals surface area contributed by atoms with Crippen LogP contribution in [-0.2, 0) is 23.9 Å². The fourth-order valence-corrected chi connectivity index (χ4v) is 2.42. The Bertz CT molecular complexity index is 824. The topological polar surface area (TPSA) is 127 Å². The summed E-state index contributed by atoms with van der Waals surface area (Å²) in [6.07, 6.45) is 12.4. The maximum absolute atomic E-state index is 11.7. The third-order valence-corrected chi connectivity index (χ3v) is 3.95. The number of amides is 2. The Morgan fingerprint density at radius 3 is 2.13 bits per heavy atom. The van der Waals surface area contributed by atoms with E-state index in [0.29, 0.717) is 37.1 Å². The first kappa shape index (κ1) is 22.7. The van der Waals surface area contributed by atoms with Crippen molar-refractivity contribution in [3.8, 4) is 0 Å². The van der Waals surface area contributed by atoms with Crippen LogP contribution in [0.2, 0.25) is 0 Å². The molecule has 0 fully saturated rings. The number of carbonyl (C=O) groups is 4. The maximum Gasteiger partial charge on any atom is 0.331 e. The van der Waals surface area contributed by atoms with Crippen LogP contribution in [0.1, 0.15) is 29.6 Å². The van der Waals surface area contributed by atoms with Crippen LogP contribution >= 0.6 is 0 Å². The number of hydrogen-bond donors (Lipinski definition) is 3. The highest BCUT2D eigenvalue weighted by Gasteiger charge is 2.08. The second-order valence-corrected chi connectivity index (χ2v) is 6.28. The van der Waals surface area contributed by atoms with Gasteiger partial charge in [0.05, 0.1) is 18.8 Å². The number of allylic oxidation sites excluding steroid dienone is 2. The van der Waals surface area contributed by atoms with Gasteiger partial charge in [-0.05, 0) is 25.3 Å². The Morgan fingerprint density at radius 1 is 0.967 bits per heavy atom. The van der Waals surface area contributed by atoms with Crippen LogP contribution in [0.3, 0.4) is 0 Å². The van der Waals surface area contributed by atoms with Crippen molar-refractivity contribution in [2.24, 2.45) is 0 Å². The van der Waals surface area contributed by atoms with Gasteiger partial charge in [-0.15, -0.1) is 0 Å². The van der Waals surface area contributed by atoms with Gasteiger partial charge in [0.1, 0.15) is 0 Å². The van der Waals surface area contributed by atoms with Crippen molar-refractivity contribution in [1.29, 1.82) is 0 Å². The number of aromatic amines is 1. The van der Waals surface area contributed by atoms with E-state index < -0.39 is 11.9 Å². The number of ether oxygens (including phenoxy) is 2. The summed E-state index contributed by atoms with van der Waals surface area (Å²) in [7, 11) is 0. The Morgan fingerprint density at radius 2 is 1.60 bits per heavy atom. The van der Waals surface area contributed by atoms with E-state index in [1.165, 1.54) is 0 Å². The van der Waals surface area contributed by atoms with Crippen molar-refractivity contribution in [3.63, 3.8) is 0 Å². The average Bonchev–Trinajstić information content (AvgIpc) is 3.45. The molecule has 1 aliphatic carbocycles. The summed E-state index contributed by atoms with van der Waals surface area (Å²) in [6.45, 7) is 0.960. The lowest BCUT2D eigenvalue weighted by atomic mass is 10.2. The maximum atomic E-state index is 11.7. The Labute approximate surface area is 174 Å².